The number of amides is 2. The minimum absolute atomic E-state index is 0.111. The third kappa shape index (κ3) is 6.51. The normalized spacial score (nSPS) is 25.2. The predicted molar refractivity (Wildman–Crippen MR) is 153 cm³/mol. The molecule has 0 radical (unpaired) electrons. The highest BCUT2D eigenvalue weighted by molar-refractivity contribution is 5.97. The van der Waals surface area contributed by atoms with Crippen LogP contribution in [-0.2, 0) is 22.6 Å². The first kappa shape index (κ1) is 30.1. The predicted octanol–water partition coefficient (Wildman–Crippen LogP) is 2.19. The molecule has 3 aliphatic heterocycles. The van der Waals surface area contributed by atoms with Gasteiger partial charge in [0.05, 0.1) is 38.1 Å². The molecule has 12 heteroatoms. The first-order valence-electron chi connectivity index (χ1n) is 14.5. The summed E-state index contributed by atoms with van der Waals surface area (Å²) in [7, 11) is 0. The van der Waals surface area contributed by atoms with E-state index in [1.54, 1.807) is 17.0 Å². The van der Waals surface area contributed by atoms with Gasteiger partial charge in [-0.1, -0.05) is 12.1 Å². The number of aliphatic hydroxyl groups excluding tert-OH is 1. The smallest absolute Gasteiger partial charge is 0.407 e. The van der Waals surface area contributed by atoms with E-state index in [0.29, 0.717) is 50.7 Å². The molecule has 5 rings (SSSR count). The zero-order valence-electron chi connectivity index (χ0n) is 24.4. The monoisotopic (exact) mass is 585 g/mol. The molecule has 2 saturated heterocycles. The Labute approximate surface area is 245 Å². The molecule has 11 nitrogen and oxygen atoms in total. The number of ether oxygens (including phenoxy) is 2. The lowest BCUT2D eigenvalue weighted by Crippen LogP contribution is -2.64. The summed E-state index contributed by atoms with van der Waals surface area (Å²) >= 11 is 0. The van der Waals surface area contributed by atoms with Crippen molar-refractivity contribution in [3.63, 3.8) is 0 Å². The minimum atomic E-state index is -0.955. The van der Waals surface area contributed by atoms with Gasteiger partial charge in [-0.2, -0.15) is 0 Å². The number of carboxylic acid groups (broad SMARTS) is 1. The number of hydrogen-bond donors (Lipinski definition) is 2. The summed E-state index contributed by atoms with van der Waals surface area (Å²) < 4.78 is 25.0. The van der Waals surface area contributed by atoms with E-state index in [9.17, 15) is 24.2 Å². The molecule has 3 aliphatic rings. The number of fused-ring (bicyclic) bond motifs is 1. The molecule has 0 bridgehead atoms. The van der Waals surface area contributed by atoms with Crippen molar-refractivity contribution in [2.24, 2.45) is 0 Å². The van der Waals surface area contributed by atoms with Gasteiger partial charge in [0, 0.05) is 44.3 Å². The van der Waals surface area contributed by atoms with Gasteiger partial charge in [0.15, 0.2) is 0 Å². The van der Waals surface area contributed by atoms with Crippen LogP contribution in [0.1, 0.15) is 37.6 Å². The second-order valence-electron chi connectivity index (χ2n) is 11.6. The molecule has 1 aromatic heterocycles. The molecule has 0 spiro atoms. The lowest BCUT2D eigenvalue weighted by atomic mass is 10.0. The summed E-state index contributed by atoms with van der Waals surface area (Å²) in [5.74, 6) is -0.172. The summed E-state index contributed by atoms with van der Waals surface area (Å²) in [5, 5.41) is 19.9. The van der Waals surface area contributed by atoms with Gasteiger partial charge in [0.25, 0.3) is 0 Å². The van der Waals surface area contributed by atoms with Gasteiger partial charge in [0.1, 0.15) is 18.1 Å². The van der Waals surface area contributed by atoms with E-state index in [1.165, 1.54) is 17.0 Å². The van der Waals surface area contributed by atoms with Gasteiger partial charge in [-0.3, -0.25) is 14.6 Å². The fraction of sp³-hybridized carbons (Fsp3) is 0.567. The molecule has 2 N–H and O–H groups in total. The molecule has 2 amide bonds. The van der Waals surface area contributed by atoms with E-state index in [0.717, 1.165) is 17.7 Å². The van der Waals surface area contributed by atoms with Crippen LogP contribution >= 0.6 is 0 Å². The van der Waals surface area contributed by atoms with Crippen molar-refractivity contribution >= 4 is 17.7 Å². The summed E-state index contributed by atoms with van der Waals surface area (Å²) in [5.41, 5.74) is 2.55. The number of rotatable bonds is 7. The van der Waals surface area contributed by atoms with Gasteiger partial charge in [-0.05, 0) is 56.5 Å². The van der Waals surface area contributed by atoms with Crippen molar-refractivity contribution in [3.05, 3.63) is 53.0 Å². The standard InChI is InChI=1S/C30H40FN5O6/c1-19-12-34(25(14-35(19)30(39)40)13-33-8-9-41-17-20(33)2)15-28(38)36-21(3)18-42-29-27(36)11-23(26(16-37)32-29)10-22-4-6-24(31)7-5-22/h4-7,11,19-21,25,37H,8-10,12-18H2,1-3H3,(H,39,40)/t19-,20-,21+,25+/m1/s1. The summed E-state index contributed by atoms with van der Waals surface area (Å²) in [6.45, 7) is 9.33. The third-order valence-corrected chi connectivity index (χ3v) is 8.51. The van der Waals surface area contributed by atoms with Crippen LogP contribution in [0.15, 0.2) is 30.3 Å². The Morgan fingerprint density at radius 3 is 2.50 bits per heavy atom. The highest BCUT2D eigenvalue weighted by Gasteiger charge is 2.39. The molecule has 228 valence electrons. The van der Waals surface area contributed by atoms with Gasteiger partial charge in [-0.15, -0.1) is 0 Å². The van der Waals surface area contributed by atoms with Crippen molar-refractivity contribution < 1.29 is 33.7 Å². The van der Waals surface area contributed by atoms with Gasteiger partial charge >= 0.3 is 6.09 Å². The first-order chi connectivity index (χ1) is 20.1. The maximum atomic E-state index is 14.1. The number of nitrogens with zero attached hydrogens (tertiary/aromatic N) is 5. The molecule has 4 heterocycles. The maximum absolute atomic E-state index is 14.1. The number of piperazine rings is 1. The number of pyridine rings is 1. The number of anilines is 1. The van der Waals surface area contributed by atoms with Gasteiger partial charge in [-0.25, -0.2) is 14.2 Å². The van der Waals surface area contributed by atoms with Crippen LogP contribution in [0.3, 0.4) is 0 Å². The Bertz CT molecular complexity index is 1280. The van der Waals surface area contributed by atoms with Crippen LogP contribution in [0.5, 0.6) is 5.88 Å². The third-order valence-electron chi connectivity index (χ3n) is 8.51. The van der Waals surface area contributed by atoms with Crippen molar-refractivity contribution in [1.29, 1.82) is 0 Å². The maximum Gasteiger partial charge on any atom is 0.407 e. The van der Waals surface area contributed by atoms with E-state index in [2.05, 4.69) is 21.7 Å². The first-order valence-corrected chi connectivity index (χ1v) is 14.5. The van der Waals surface area contributed by atoms with Crippen LogP contribution in [-0.4, -0.2) is 119 Å². The van der Waals surface area contributed by atoms with Crippen molar-refractivity contribution in [3.8, 4) is 5.88 Å². The lowest BCUT2D eigenvalue weighted by Gasteiger charge is -2.47. The largest absolute Gasteiger partial charge is 0.474 e. The van der Waals surface area contributed by atoms with E-state index in [1.807, 2.05) is 19.9 Å². The molecule has 0 unspecified atom stereocenters. The number of carbonyl (C=O) groups excluding carboxylic acids is 1. The molecular weight excluding hydrogens is 545 g/mol. The molecule has 42 heavy (non-hydrogen) atoms. The Morgan fingerprint density at radius 2 is 1.81 bits per heavy atom. The van der Waals surface area contributed by atoms with Crippen molar-refractivity contribution in [2.75, 3.05) is 57.4 Å². The SMILES string of the molecule is C[C@@H]1COCCN1C[C@H]1CN(C(=O)O)[C@H](C)CN1CC(=O)N1c2cc(Cc3ccc(F)cc3)c(CO)nc2OC[C@@H]1C. The second-order valence-corrected chi connectivity index (χ2v) is 11.6. The molecule has 2 fully saturated rings. The topological polar surface area (TPSA) is 119 Å². The van der Waals surface area contributed by atoms with E-state index in [4.69, 9.17) is 9.47 Å². The van der Waals surface area contributed by atoms with E-state index < -0.39 is 6.09 Å². The quantitative estimate of drug-likeness (QED) is 0.504. The summed E-state index contributed by atoms with van der Waals surface area (Å²) in [4.78, 5) is 38.2. The van der Waals surface area contributed by atoms with Crippen LogP contribution < -0.4 is 9.64 Å². The van der Waals surface area contributed by atoms with Gasteiger partial charge < -0.3 is 29.5 Å². The molecule has 4 atom stereocenters. The second kappa shape index (κ2) is 12.9. The molecule has 0 saturated carbocycles. The molecular formula is C30H40FN5O6. The zero-order chi connectivity index (χ0) is 30.0. The molecule has 0 aliphatic carbocycles. The highest BCUT2D eigenvalue weighted by Crippen LogP contribution is 2.35. The van der Waals surface area contributed by atoms with E-state index >= 15 is 0 Å². The summed E-state index contributed by atoms with van der Waals surface area (Å²) in [6.07, 6.45) is -0.551. The Balaban J connectivity index is 1.40. The lowest BCUT2D eigenvalue weighted by molar-refractivity contribution is -0.122. The van der Waals surface area contributed by atoms with Crippen LogP contribution in [0.2, 0.25) is 0 Å². The number of aliphatic hydroxyl groups is 1. The van der Waals surface area contributed by atoms with Crippen LogP contribution in [0.4, 0.5) is 14.9 Å². The fourth-order valence-corrected chi connectivity index (χ4v) is 6.14. The van der Waals surface area contributed by atoms with Crippen molar-refractivity contribution in [1.82, 2.24) is 19.7 Å². The number of benzene rings is 1. The molecule has 1 aromatic carbocycles. The Kier molecular flexibility index (Phi) is 9.26. The summed E-state index contributed by atoms with van der Waals surface area (Å²) in [6, 6.07) is 7.49. The van der Waals surface area contributed by atoms with Gasteiger partial charge in [0.2, 0.25) is 11.8 Å². The number of aromatic nitrogens is 1. The fourth-order valence-electron chi connectivity index (χ4n) is 6.14. The number of hydrogen-bond acceptors (Lipinski definition) is 8. The van der Waals surface area contributed by atoms with E-state index in [-0.39, 0.29) is 61.5 Å². The number of carbonyl (C=O) groups is 2. The Hall–Kier alpha value is -3.32. The average Bonchev–Trinajstić information content (AvgIpc) is 2.96. The zero-order valence-corrected chi connectivity index (χ0v) is 24.4. The number of halogens is 1. The van der Waals surface area contributed by atoms with Crippen LogP contribution in [0.25, 0.3) is 0 Å². The number of morpholine rings is 1. The van der Waals surface area contributed by atoms with Crippen LogP contribution in [0, 0.1) is 5.82 Å². The van der Waals surface area contributed by atoms with Crippen molar-refractivity contribution in [2.45, 2.75) is 58.0 Å². The average molecular weight is 586 g/mol. The molecule has 2 aromatic rings. The Morgan fingerprint density at radius 1 is 1.05 bits per heavy atom. The highest BCUT2D eigenvalue weighted by atomic mass is 19.1. The minimum Gasteiger partial charge on any atom is -0.474 e.